The summed E-state index contributed by atoms with van der Waals surface area (Å²) < 4.78 is 5.37. The van der Waals surface area contributed by atoms with Gasteiger partial charge in [0.15, 0.2) is 0 Å². The second-order valence-electron chi connectivity index (χ2n) is 6.28. The van der Waals surface area contributed by atoms with Crippen molar-refractivity contribution in [2.75, 3.05) is 40.4 Å². The van der Waals surface area contributed by atoms with Gasteiger partial charge in [-0.05, 0) is 32.9 Å². The van der Waals surface area contributed by atoms with Gasteiger partial charge in [0.2, 0.25) is 5.91 Å². The van der Waals surface area contributed by atoms with Crippen LogP contribution in [-0.2, 0) is 9.53 Å². The van der Waals surface area contributed by atoms with Crippen LogP contribution in [0.4, 0.5) is 0 Å². The number of hydrogen-bond acceptors (Lipinski definition) is 4. The number of carbonyl (C=O) groups is 1. The molecule has 20 heavy (non-hydrogen) atoms. The van der Waals surface area contributed by atoms with Crippen LogP contribution in [-0.4, -0.2) is 67.1 Å². The highest BCUT2D eigenvalue weighted by Gasteiger charge is 2.47. The largest absolute Gasteiger partial charge is 0.392 e. The predicted molar refractivity (Wildman–Crippen MR) is 82.5 cm³/mol. The first-order chi connectivity index (χ1) is 9.38. The monoisotopic (exact) mass is 299 g/mol. The number of likely N-dealkylation sites (N-methyl/N-ethyl adjacent to an activating group) is 1. The average molecular weight is 299 g/mol. The fraction of sp³-hybridized carbons (Fsp3) is 0.857. The molecule has 0 aliphatic carbocycles. The fourth-order valence-corrected chi connectivity index (χ4v) is 3.67. The summed E-state index contributed by atoms with van der Waals surface area (Å²) in [5, 5.41) is 0. The zero-order valence-corrected chi connectivity index (χ0v) is 13.4. The molecule has 1 amide bonds. The van der Waals surface area contributed by atoms with Crippen LogP contribution in [0.15, 0.2) is 0 Å². The quantitative estimate of drug-likeness (QED) is 0.768. The summed E-state index contributed by atoms with van der Waals surface area (Å²) >= 11 is 5.21. The van der Waals surface area contributed by atoms with Gasteiger partial charge in [0.05, 0.1) is 4.99 Å². The number of amides is 1. The number of rotatable bonds is 3. The molecular weight excluding hydrogens is 274 g/mol. The summed E-state index contributed by atoms with van der Waals surface area (Å²) in [5.41, 5.74) is 5.23. The van der Waals surface area contributed by atoms with Gasteiger partial charge < -0.3 is 20.3 Å². The van der Waals surface area contributed by atoms with E-state index in [2.05, 4.69) is 25.9 Å². The minimum Gasteiger partial charge on any atom is -0.392 e. The molecule has 0 saturated carbocycles. The molecule has 2 fully saturated rings. The van der Waals surface area contributed by atoms with Crippen LogP contribution in [0.5, 0.6) is 0 Å². The first-order valence-corrected chi connectivity index (χ1v) is 7.63. The molecule has 0 aromatic rings. The number of ether oxygens (including phenoxy) is 1. The van der Waals surface area contributed by atoms with Gasteiger partial charge >= 0.3 is 0 Å². The lowest BCUT2D eigenvalue weighted by Gasteiger charge is -2.37. The van der Waals surface area contributed by atoms with E-state index in [4.69, 9.17) is 22.7 Å². The third kappa shape index (κ3) is 2.69. The van der Waals surface area contributed by atoms with Crippen LogP contribution < -0.4 is 5.73 Å². The Hall–Kier alpha value is -0.720. The first-order valence-electron chi connectivity index (χ1n) is 7.22. The minimum absolute atomic E-state index is 0.101. The molecule has 2 unspecified atom stereocenters. The third-order valence-corrected chi connectivity index (χ3v) is 5.14. The van der Waals surface area contributed by atoms with Crippen molar-refractivity contribution in [3.05, 3.63) is 0 Å². The normalized spacial score (nSPS) is 29.7. The van der Waals surface area contributed by atoms with Crippen molar-refractivity contribution in [2.24, 2.45) is 17.1 Å². The van der Waals surface area contributed by atoms with Crippen LogP contribution >= 0.6 is 12.2 Å². The van der Waals surface area contributed by atoms with Crippen LogP contribution in [0, 0.1) is 11.3 Å². The van der Waals surface area contributed by atoms with Gasteiger partial charge in [0.25, 0.3) is 0 Å². The molecule has 6 heteroatoms. The zero-order chi connectivity index (χ0) is 14.9. The molecule has 2 heterocycles. The Balaban J connectivity index is 2.15. The van der Waals surface area contributed by atoms with Crippen molar-refractivity contribution in [3.8, 4) is 0 Å². The smallest absolute Gasteiger partial charge is 0.235 e. The highest BCUT2D eigenvalue weighted by atomic mass is 32.1. The Kier molecular flexibility index (Phi) is 4.66. The van der Waals surface area contributed by atoms with Gasteiger partial charge in [0, 0.05) is 32.3 Å². The van der Waals surface area contributed by atoms with Gasteiger partial charge in [0.1, 0.15) is 5.41 Å². The van der Waals surface area contributed by atoms with Crippen molar-refractivity contribution in [1.29, 1.82) is 0 Å². The van der Waals surface area contributed by atoms with E-state index in [1.165, 1.54) is 0 Å². The highest BCUT2D eigenvalue weighted by molar-refractivity contribution is 7.80. The molecule has 2 saturated heterocycles. The summed E-state index contributed by atoms with van der Waals surface area (Å²) in [6, 6.07) is 0.405. The number of nitrogens with two attached hydrogens (primary N) is 1. The number of carbonyl (C=O) groups excluding carboxylic acids is 1. The maximum Gasteiger partial charge on any atom is 0.235 e. The van der Waals surface area contributed by atoms with Crippen LogP contribution in [0.25, 0.3) is 0 Å². The van der Waals surface area contributed by atoms with Gasteiger partial charge in [-0.1, -0.05) is 19.1 Å². The summed E-state index contributed by atoms with van der Waals surface area (Å²) in [5.74, 6) is 0.571. The third-order valence-electron chi connectivity index (χ3n) is 4.75. The standard InChI is InChI=1S/C14H25N3O2S/c1-10-8-17(9-11(10)16(2)3)13(18)14(12(15)20)4-6-19-7-5-14/h10-11H,4-9H2,1-3H3,(H2,15,20). The molecule has 0 bridgehead atoms. The SMILES string of the molecule is CC1CN(C(=O)C2(C(N)=S)CCOCC2)CC1N(C)C. The molecule has 114 valence electrons. The molecule has 2 aliphatic heterocycles. The average Bonchev–Trinajstić information content (AvgIpc) is 2.80. The van der Waals surface area contributed by atoms with Crippen molar-refractivity contribution in [1.82, 2.24) is 9.80 Å². The molecule has 2 atom stereocenters. The van der Waals surface area contributed by atoms with E-state index in [1.54, 1.807) is 0 Å². The Morgan fingerprint density at radius 3 is 2.40 bits per heavy atom. The topological polar surface area (TPSA) is 58.8 Å². The first kappa shape index (κ1) is 15.7. The Bertz CT molecular complexity index is 394. The molecule has 0 radical (unpaired) electrons. The maximum atomic E-state index is 13.0. The Morgan fingerprint density at radius 1 is 1.35 bits per heavy atom. The van der Waals surface area contributed by atoms with Crippen molar-refractivity contribution in [3.63, 3.8) is 0 Å². The van der Waals surface area contributed by atoms with E-state index in [1.807, 2.05) is 4.90 Å². The van der Waals surface area contributed by atoms with Crippen molar-refractivity contribution in [2.45, 2.75) is 25.8 Å². The van der Waals surface area contributed by atoms with E-state index in [0.29, 0.717) is 43.0 Å². The molecular formula is C14H25N3O2S. The molecule has 0 aromatic heterocycles. The molecule has 0 spiro atoms. The lowest BCUT2D eigenvalue weighted by atomic mass is 9.78. The predicted octanol–water partition coefficient (Wildman–Crippen LogP) is 0.478. The van der Waals surface area contributed by atoms with Crippen molar-refractivity contribution < 1.29 is 9.53 Å². The molecule has 2 N–H and O–H groups in total. The number of hydrogen-bond donors (Lipinski definition) is 1. The Morgan fingerprint density at radius 2 is 1.95 bits per heavy atom. The second-order valence-corrected chi connectivity index (χ2v) is 6.72. The number of likely N-dealkylation sites (tertiary alicyclic amines) is 1. The van der Waals surface area contributed by atoms with Crippen LogP contribution in [0.2, 0.25) is 0 Å². The number of nitrogens with zero attached hydrogens (tertiary/aromatic N) is 2. The molecule has 2 aliphatic rings. The lowest BCUT2D eigenvalue weighted by Crippen LogP contribution is -2.53. The summed E-state index contributed by atoms with van der Waals surface area (Å²) in [6.07, 6.45) is 1.22. The van der Waals surface area contributed by atoms with E-state index >= 15 is 0 Å². The second kappa shape index (κ2) is 5.95. The molecule has 0 aromatic carbocycles. The Labute approximate surface area is 126 Å². The van der Waals surface area contributed by atoms with Crippen molar-refractivity contribution >= 4 is 23.1 Å². The minimum atomic E-state index is -0.686. The van der Waals surface area contributed by atoms with Crippen LogP contribution in [0.1, 0.15) is 19.8 Å². The maximum absolute atomic E-state index is 13.0. The summed E-state index contributed by atoms with van der Waals surface area (Å²) in [7, 11) is 4.12. The van der Waals surface area contributed by atoms with E-state index in [0.717, 1.165) is 13.1 Å². The van der Waals surface area contributed by atoms with E-state index in [-0.39, 0.29) is 5.91 Å². The lowest BCUT2D eigenvalue weighted by molar-refractivity contribution is -0.141. The van der Waals surface area contributed by atoms with E-state index in [9.17, 15) is 4.79 Å². The van der Waals surface area contributed by atoms with E-state index < -0.39 is 5.41 Å². The number of thiocarbonyl (C=S) groups is 1. The fourth-order valence-electron chi connectivity index (χ4n) is 3.38. The zero-order valence-electron chi connectivity index (χ0n) is 12.6. The van der Waals surface area contributed by atoms with Gasteiger partial charge in [-0.25, -0.2) is 0 Å². The summed E-state index contributed by atoms with van der Waals surface area (Å²) in [6.45, 7) is 4.85. The van der Waals surface area contributed by atoms with Gasteiger partial charge in [-0.15, -0.1) is 0 Å². The van der Waals surface area contributed by atoms with Gasteiger partial charge in [-0.2, -0.15) is 0 Å². The highest BCUT2D eigenvalue weighted by Crippen LogP contribution is 2.35. The molecule has 5 nitrogen and oxygen atoms in total. The summed E-state index contributed by atoms with van der Waals surface area (Å²) in [4.78, 5) is 17.4. The molecule has 2 rings (SSSR count). The van der Waals surface area contributed by atoms with Gasteiger partial charge in [-0.3, -0.25) is 4.79 Å². The van der Waals surface area contributed by atoms with Crippen LogP contribution in [0.3, 0.4) is 0 Å².